The minimum absolute atomic E-state index is 0.111. The highest BCUT2D eigenvalue weighted by molar-refractivity contribution is 5.88. The van der Waals surface area contributed by atoms with Gasteiger partial charge >= 0.3 is 12.0 Å². The fourth-order valence-electron chi connectivity index (χ4n) is 1.70. The number of furan rings is 1. The second-order valence-corrected chi connectivity index (χ2v) is 4.56. The first-order chi connectivity index (χ1) is 10.0. The van der Waals surface area contributed by atoms with Gasteiger partial charge in [-0.1, -0.05) is 6.92 Å². The lowest BCUT2D eigenvalue weighted by Crippen LogP contribution is -2.35. The SMILES string of the molecule is CCCOCCCNC(=O)NCc1cc(C(=O)O)c(C)o1. The molecule has 0 atom stereocenters. The number of rotatable bonds is 9. The number of aryl methyl sites for hydroxylation is 1. The van der Waals surface area contributed by atoms with Gasteiger partial charge in [-0.2, -0.15) is 0 Å². The first-order valence-electron chi connectivity index (χ1n) is 6.96. The molecular formula is C14H22N2O5. The lowest BCUT2D eigenvalue weighted by atomic mass is 10.2. The van der Waals surface area contributed by atoms with E-state index in [2.05, 4.69) is 10.6 Å². The van der Waals surface area contributed by atoms with E-state index in [9.17, 15) is 9.59 Å². The average molecular weight is 298 g/mol. The quantitative estimate of drug-likeness (QED) is 0.604. The molecule has 7 nitrogen and oxygen atoms in total. The van der Waals surface area contributed by atoms with Crippen LogP contribution in [0.25, 0.3) is 0 Å². The third-order valence-electron chi connectivity index (χ3n) is 2.72. The largest absolute Gasteiger partial charge is 0.478 e. The summed E-state index contributed by atoms with van der Waals surface area (Å²) in [5.74, 6) is -0.307. The first-order valence-corrected chi connectivity index (χ1v) is 6.96. The maximum absolute atomic E-state index is 11.5. The topological polar surface area (TPSA) is 101 Å². The van der Waals surface area contributed by atoms with Gasteiger partial charge in [0.15, 0.2) is 0 Å². The average Bonchev–Trinajstić information content (AvgIpc) is 2.82. The minimum atomic E-state index is -1.04. The summed E-state index contributed by atoms with van der Waals surface area (Å²) < 4.78 is 10.5. The van der Waals surface area contributed by atoms with E-state index < -0.39 is 5.97 Å². The maximum Gasteiger partial charge on any atom is 0.339 e. The van der Waals surface area contributed by atoms with E-state index in [0.717, 1.165) is 19.4 Å². The number of ether oxygens (including phenoxy) is 1. The van der Waals surface area contributed by atoms with Gasteiger partial charge in [0.25, 0.3) is 0 Å². The third-order valence-corrected chi connectivity index (χ3v) is 2.72. The van der Waals surface area contributed by atoms with Crippen molar-refractivity contribution in [3.8, 4) is 0 Å². The molecule has 1 aromatic heterocycles. The molecule has 0 radical (unpaired) electrons. The number of carbonyl (C=O) groups excluding carboxylic acids is 1. The molecule has 2 amide bonds. The highest BCUT2D eigenvalue weighted by Gasteiger charge is 2.13. The van der Waals surface area contributed by atoms with Crippen LogP contribution in [0.1, 0.15) is 41.6 Å². The number of hydrogen-bond acceptors (Lipinski definition) is 4. The van der Waals surface area contributed by atoms with Crippen LogP contribution in [0.15, 0.2) is 10.5 Å². The van der Waals surface area contributed by atoms with Crippen LogP contribution in [-0.2, 0) is 11.3 Å². The fraction of sp³-hybridized carbons (Fsp3) is 0.571. The van der Waals surface area contributed by atoms with E-state index in [1.807, 2.05) is 6.92 Å². The van der Waals surface area contributed by atoms with E-state index in [1.54, 1.807) is 6.92 Å². The fourth-order valence-corrected chi connectivity index (χ4v) is 1.70. The Balaban J connectivity index is 2.21. The zero-order valence-corrected chi connectivity index (χ0v) is 12.4. The molecule has 0 aliphatic carbocycles. The Bertz CT molecular complexity index is 470. The van der Waals surface area contributed by atoms with E-state index in [0.29, 0.717) is 24.7 Å². The highest BCUT2D eigenvalue weighted by Crippen LogP contribution is 2.14. The van der Waals surface area contributed by atoms with Gasteiger partial charge in [0, 0.05) is 19.8 Å². The number of nitrogens with one attached hydrogen (secondary N) is 2. The molecule has 0 fully saturated rings. The highest BCUT2D eigenvalue weighted by atomic mass is 16.5. The lowest BCUT2D eigenvalue weighted by molar-refractivity contribution is 0.0695. The van der Waals surface area contributed by atoms with Crippen LogP contribution in [0.2, 0.25) is 0 Å². The summed E-state index contributed by atoms with van der Waals surface area (Å²) in [6.45, 7) is 5.63. The van der Waals surface area contributed by atoms with Gasteiger partial charge in [-0.25, -0.2) is 9.59 Å². The molecule has 3 N–H and O–H groups in total. The predicted octanol–water partition coefficient (Wildman–Crippen LogP) is 1.90. The monoisotopic (exact) mass is 298 g/mol. The molecule has 7 heteroatoms. The number of carboxylic acids is 1. The van der Waals surface area contributed by atoms with Crippen molar-refractivity contribution >= 4 is 12.0 Å². The first kappa shape index (κ1) is 17.0. The number of urea groups is 1. The van der Waals surface area contributed by atoms with Crippen molar-refractivity contribution in [1.29, 1.82) is 0 Å². The van der Waals surface area contributed by atoms with Crippen LogP contribution in [0, 0.1) is 6.92 Å². The number of hydrogen-bond donors (Lipinski definition) is 3. The summed E-state index contributed by atoms with van der Waals surface area (Å²) in [5.41, 5.74) is 0.111. The number of amides is 2. The molecular weight excluding hydrogens is 276 g/mol. The standard InChI is InChI=1S/C14H22N2O5/c1-3-6-20-7-4-5-15-14(19)16-9-11-8-12(13(17)18)10(2)21-11/h8H,3-7,9H2,1-2H3,(H,17,18)(H2,15,16,19). The van der Waals surface area contributed by atoms with E-state index in [4.69, 9.17) is 14.3 Å². The Morgan fingerprint density at radius 1 is 1.33 bits per heavy atom. The zero-order chi connectivity index (χ0) is 15.7. The van der Waals surface area contributed by atoms with Crippen molar-refractivity contribution in [3.63, 3.8) is 0 Å². The van der Waals surface area contributed by atoms with Crippen LogP contribution >= 0.6 is 0 Å². The van der Waals surface area contributed by atoms with Crippen LogP contribution in [0.3, 0.4) is 0 Å². The maximum atomic E-state index is 11.5. The molecule has 0 saturated heterocycles. The molecule has 1 rings (SSSR count). The van der Waals surface area contributed by atoms with E-state index >= 15 is 0 Å². The lowest BCUT2D eigenvalue weighted by Gasteiger charge is -2.06. The van der Waals surface area contributed by atoms with Crippen LogP contribution < -0.4 is 10.6 Å². The van der Waals surface area contributed by atoms with Gasteiger partial charge in [-0.3, -0.25) is 0 Å². The van der Waals surface area contributed by atoms with Crippen molar-refractivity contribution < 1.29 is 23.8 Å². The minimum Gasteiger partial charge on any atom is -0.478 e. The van der Waals surface area contributed by atoms with Gasteiger partial charge in [-0.15, -0.1) is 0 Å². The molecule has 0 aromatic carbocycles. The third kappa shape index (κ3) is 6.31. The van der Waals surface area contributed by atoms with Gasteiger partial charge in [0.1, 0.15) is 17.1 Å². The normalized spacial score (nSPS) is 10.4. The summed E-state index contributed by atoms with van der Waals surface area (Å²) >= 11 is 0. The molecule has 0 aliphatic heterocycles. The van der Waals surface area contributed by atoms with Crippen molar-refractivity contribution in [2.24, 2.45) is 0 Å². The Morgan fingerprint density at radius 3 is 2.71 bits per heavy atom. The molecule has 0 saturated carbocycles. The van der Waals surface area contributed by atoms with Crippen molar-refractivity contribution in [3.05, 3.63) is 23.2 Å². The molecule has 1 heterocycles. The van der Waals surface area contributed by atoms with Crippen LogP contribution in [0.5, 0.6) is 0 Å². The van der Waals surface area contributed by atoms with Crippen molar-refractivity contribution in [2.45, 2.75) is 33.2 Å². The van der Waals surface area contributed by atoms with Gasteiger partial charge in [0.05, 0.1) is 6.54 Å². The summed E-state index contributed by atoms with van der Waals surface area (Å²) in [6.07, 6.45) is 1.73. The van der Waals surface area contributed by atoms with Gasteiger partial charge in [-0.05, 0) is 25.8 Å². The second kappa shape index (κ2) is 9.02. The Morgan fingerprint density at radius 2 is 2.10 bits per heavy atom. The molecule has 0 spiro atoms. The van der Waals surface area contributed by atoms with E-state index in [-0.39, 0.29) is 18.1 Å². The summed E-state index contributed by atoms with van der Waals surface area (Å²) in [6, 6.07) is 1.09. The number of aromatic carboxylic acids is 1. The van der Waals surface area contributed by atoms with Crippen molar-refractivity contribution in [1.82, 2.24) is 10.6 Å². The van der Waals surface area contributed by atoms with Crippen LogP contribution in [-0.4, -0.2) is 36.9 Å². The Labute approximate surface area is 123 Å². The molecule has 118 valence electrons. The Kier molecular flexibility index (Phi) is 7.31. The van der Waals surface area contributed by atoms with Crippen LogP contribution in [0.4, 0.5) is 4.79 Å². The smallest absolute Gasteiger partial charge is 0.339 e. The zero-order valence-electron chi connectivity index (χ0n) is 12.4. The molecule has 0 aliphatic rings. The summed E-state index contributed by atoms with van der Waals surface area (Å²) in [7, 11) is 0. The molecule has 21 heavy (non-hydrogen) atoms. The Hall–Kier alpha value is -2.02. The second-order valence-electron chi connectivity index (χ2n) is 4.56. The van der Waals surface area contributed by atoms with Gasteiger partial charge in [0.2, 0.25) is 0 Å². The molecule has 1 aromatic rings. The summed E-state index contributed by atoms with van der Waals surface area (Å²) in [4.78, 5) is 22.4. The predicted molar refractivity (Wildman–Crippen MR) is 76.4 cm³/mol. The molecule has 0 unspecified atom stereocenters. The summed E-state index contributed by atoms with van der Waals surface area (Å²) in [5, 5.41) is 14.2. The molecule has 0 bridgehead atoms. The number of carboxylic acid groups (broad SMARTS) is 1. The number of carbonyl (C=O) groups is 2. The van der Waals surface area contributed by atoms with Crippen molar-refractivity contribution in [2.75, 3.05) is 19.8 Å². The van der Waals surface area contributed by atoms with Gasteiger partial charge < -0.3 is 24.9 Å². The van der Waals surface area contributed by atoms with E-state index in [1.165, 1.54) is 6.07 Å².